The Hall–Kier alpha value is -3.54. The zero-order chi connectivity index (χ0) is 28.9. The van der Waals surface area contributed by atoms with E-state index in [9.17, 15) is 0 Å². The molecule has 1 aliphatic heterocycles. The molecular weight excluding hydrogens is 490 g/mol. The molecule has 1 aromatic heterocycles. The summed E-state index contributed by atoms with van der Waals surface area (Å²) in [7, 11) is 2.20. The maximum absolute atomic E-state index is 4.96. The van der Waals surface area contributed by atoms with E-state index in [0.29, 0.717) is 0 Å². The second-order valence-electron chi connectivity index (χ2n) is 10.3. The van der Waals surface area contributed by atoms with E-state index in [-0.39, 0.29) is 2.85 Å². The van der Waals surface area contributed by atoms with Crippen molar-refractivity contribution in [2.24, 2.45) is 4.99 Å². The van der Waals surface area contributed by atoms with E-state index >= 15 is 0 Å². The number of nitrogens with zero attached hydrogens (tertiary/aromatic N) is 4. The molecule has 1 fully saturated rings. The Morgan fingerprint density at radius 3 is 2.42 bits per heavy atom. The van der Waals surface area contributed by atoms with Crippen LogP contribution in [-0.2, 0) is 13.0 Å². The highest BCUT2D eigenvalue weighted by atomic mass is 15.2. The second-order valence-corrected chi connectivity index (χ2v) is 10.3. The van der Waals surface area contributed by atoms with Crippen molar-refractivity contribution in [3.8, 4) is 0 Å². The third-order valence-electron chi connectivity index (χ3n) is 7.06. The van der Waals surface area contributed by atoms with Gasteiger partial charge in [0, 0.05) is 77.1 Å². The van der Waals surface area contributed by atoms with Gasteiger partial charge in [0.1, 0.15) is 0 Å². The van der Waals surface area contributed by atoms with Gasteiger partial charge in [-0.3, -0.25) is 14.9 Å². The first kappa shape index (κ1) is 31.0. The summed E-state index contributed by atoms with van der Waals surface area (Å²) in [4.78, 5) is 14.1. The molecule has 5 heteroatoms. The van der Waals surface area contributed by atoms with Gasteiger partial charge in [-0.15, -0.1) is 0 Å². The van der Waals surface area contributed by atoms with E-state index in [0.717, 1.165) is 79.5 Å². The fourth-order valence-electron chi connectivity index (χ4n) is 4.72. The van der Waals surface area contributed by atoms with Crippen molar-refractivity contribution in [3.05, 3.63) is 107 Å². The summed E-state index contributed by atoms with van der Waals surface area (Å²) in [5, 5.41) is 3.52. The number of rotatable bonds is 10. The molecule has 1 saturated heterocycles. The Balaban J connectivity index is 0.00000216. The lowest BCUT2D eigenvalue weighted by Gasteiger charge is -2.32. The van der Waals surface area contributed by atoms with Crippen molar-refractivity contribution >= 4 is 22.8 Å². The van der Waals surface area contributed by atoms with E-state index in [4.69, 9.17) is 4.99 Å². The van der Waals surface area contributed by atoms with Gasteiger partial charge in [0.05, 0.1) is 5.70 Å². The number of benzene rings is 2. The topological polar surface area (TPSA) is 43.8 Å². The molecule has 2 aromatic carbocycles. The average Bonchev–Trinajstić information content (AvgIpc) is 2.97. The first-order chi connectivity index (χ1) is 19.4. The quantitative estimate of drug-likeness (QED) is 0.263. The average molecular weight is 542 g/mol. The van der Waals surface area contributed by atoms with Crippen LogP contribution in [0.3, 0.4) is 0 Å². The summed E-state index contributed by atoms with van der Waals surface area (Å²) in [6.45, 7) is 20.3. The van der Waals surface area contributed by atoms with Gasteiger partial charge < -0.3 is 10.2 Å². The van der Waals surface area contributed by atoms with Crippen LogP contribution in [0.1, 0.15) is 64.8 Å². The molecule has 5 nitrogen and oxygen atoms in total. The lowest BCUT2D eigenvalue weighted by molar-refractivity contribution is 0.148. The van der Waals surface area contributed by atoms with E-state index in [2.05, 4.69) is 109 Å². The van der Waals surface area contributed by atoms with Gasteiger partial charge in [-0.25, -0.2) is 0 Å². The summed E-state index contributed by atoms with van der Waals surface area (Å²) in [6, 6.07) is 19.3. The van der Waals surface area contributed by atoms with Crippen LogP contribution in [0, 0.1) is 6.92 Å². The number of nitrogens with one attached hydrogen (secondary N) is 1. The van der Waals surface area contributed by atoms with Crippen molar-refractivity contribution in [2.75, 3.05) is 38.5 Å². The van der Waals surface area contributed by atoms with Crippen LogP contribution in [0.25, 0.3) is 11.4 Å². The zero-order valence-corrected chi connectivity index (χ0v) is 25.4. The number of allylic oxidation sites excluding steroid dienone is 1. The molecule has 40 heavy (non-hydrogen) atoms. The number of anilines is 1. The minimum absolute atomic E-state index is 0. The van der Waals surface area contributed by atoms with Gasteiger partial charge >= 0.3 is 0 Å². The SMILES string of the molecule is C=C(Nc1ccc(C)c(CC(C)=N/C(=C\CC)c2cccnc2)c1)c1ccc(CN2CCN(C)CC2)cc1.CC.[HH].[HH]. The fourth-order valence-corrected chi connectivity index (χ4v) is 4.72. The van der Waals surface area contributed by atoms with Crippen LogP contribution >= 0.6 is 0 Å². The smallest absolute Gasteiger partial charge is 0.0676 e. The maximum Gasteiger partial charge on any atom is 0.0676 e. The van der Waals surface area contributed by atoms with Gasteiger partial charge in [-0.1, -0.05) is 63.8 Å². The van der Waals surface area contributed by atoms with Crippen LogP contribution in [0.5, 0.6) is 0 Å². The summed E-state index contributed by atoms with van der Waals surface area (Å²) in [6.07, 6.45) is 7.54. The maximum atomic E-state index is 4.96. The molecule has 1 aliphatic rings. The summed E-state index contributed by atoms with van der Waals surface area (Å²) in [5.74, 6) is 0. The summed E-state index contributed by atoms with van der Waals surface area (Å²) in [5.41, 5.74) is 10.0. The molecule has 0 bridgehead atoms. The highest BCUT2D eigenvalue weighted by Crippen LogP contribution is 2.23. The molecule has 0 radical (unpaired) electrons. The van der Waals surface area contributed by atoms with E-state index < -0.39 is 0 Å². The third-order valence-corrected chi connectivity index (χ3v) is 7.06. The molecule has 0 amide bonds. The van der Waals surface area contributed by atoms with E-state index in [1.54, 1.807) is 6.20 Å². The molecule has 0 saturated carbocycles. The number of aryl methyl sites for hydroxylation is 1. The molecular formula is C35H51N5. The number of likely N-dealkylation sites (N-methyl/N-ethyl adjacent to an activating group) is 1. The van der Waals surface area contributed by atoms with Crippen LogP contribution in [0.4, 0.5) is 5.69 Å². The first-order valence-corrected chi connectivity index (χ1v) is 14.6. The summed E-state index contributed by atoms with van der Waals surface area (Å²) >= 11 is 0. The Labute approximate surface area is 245 Å². The van der Waals surface area contributed by atoms with Crippen LogP contribution in [0.15, 0.2) is 84.6 Å². The van der Waals surface area contributed by atoms with Gasteiger partial charge in [-0.05, 0) is 73.8 Å². The highest BCUT2D eigenvalue weighted by molar-refractivity contribution is 5.90. The molecule has 0 atom stereocenters. The Morgan fingerprint density at radius 2 is 1.77 bits per heavy atom. The van der Waals surface area contributed by atoms with Gasteiger partial charge in [0.25, 0.3) is 0 Å². The third kappa shape index (κ3) is 9.29. The van der Waals surface area contributed by atoms with Crippen molar-refractivity contribution in [3.63, 3.8) is 0 Å². The molecule has 216 valence electrons. The zero-order valence-electron chi connectivity index (χ0n) is 25.4. The molecule has 0 spiro atoms. The predicted molar refractivity (Wildman–Crippen MR) is 178 cm³/mol. The normalized spacial score (nSPS) is 14.8. The van der Waals surface area contributed by atoms with Gasteiger partial charge in [0.15, 0.2) is 0 Å². The molecule has 3 aromatic rings. The lowest BCUT2D eigenvalue weighted by Crippen LogP contribution is -2.43. The van der Waals surface area contributed by atoms with E-state index in [1.165, 1.54) is 16.7 Å². The van der Waals surface area contributed by atoms with Crippen molar-refractivity contribution < 1.29 is 2.85 Å². The number of hydrogen-bond acceptors (Lipinski definition) is 5. The van der Waals surface area contributed by atoms with Gasteiger partial charge in [-0.2, -0.15) is 0 Å². The van der Waals surface area contributed by atoms with Crippen molar-refractivity contribution in [2.45, 2.75) is 54.0 Å². The molecule has 4 rings (SSSR count). The molecule has 0 unspecified atom stereocenters. The fraction of sp³-hybridized carbons (Fsp3) is 0.371. The number of hydrogen-bond donors (Lipinski definition) is 1. The second kappa shape index (κ2) is 15.9. The Morgan fingerprint density at radius 1 is 1.05 bits per heavy atom. The van der Waals surface area contributed by atoms with E-state index in [1.807, 2.05) is 26.1 Å². The number of aromatic nitrogens is 1. The number of piperazine rings is 1. The Bertz CT molecular complexity index is 1280. The molecule has 0 aliphatic carbocycles. The van der Waals surface area contributed by atoms with Gasteiger partial charge in [0.2, 0.25) is 0 Å². The van der Waals surface area contributed by atoms with Crippen LogP contribution in [0.2, 0.25) is 0 Å². The standard InChI is InChI=1S/C33H41N5.C2H6.2H2/c1-6-8-33(30-9-7-16-34-23-30)35-26(3)21-31-22-32(15-10-25(31)2)36-27(4)29-13-11-28(12-14-29)24-38-19-17-37(5)18-20-38;1-2;;/h7-16,22-23,36H,4,6,17-21,24H2,1-3,5H3;1-2H3;2*1H/b33-8-,35-26?;;;. The highest BCUT2D eigenvalue weighted by Gasteiger charge is 2.14. The minimum Gasteiger partial charge on any atom is -0.356 e. The lowest BCUT2D eigenvalue weighted by atomic mass is 10.0. The Kier molecular flexibility index (Phi) is 12.3. The molecule has 1 N–H and O–H groups in total. The minimum atomic E-state index is 0. The monoisotopic (exact) mass is 541 g/mol. The summed E-state index contributed by atoms with van der Waals surface area (Å²) < 4.78 is 0. The van der Waals surface area contributed by atoms with Crippen molar-refractivity contribution in [1.29, 1.82) is 0 Å². The molecule has 2 heterocycles. The largest absolute Gasteiger partial charge is 0.356 e. The number of pyridine rings is 1. The first-order valence-electron chi connectivity index (χ1n) is 14.6. The van der Waals surface area contributed by atoms with Crippen molar-refractivity contribution in [1.82, 2.24) is 14.8 Å². The van der Waals surface area contributed by atoms with Crippen LogP contribution < -0.4 is 5.32 Å². The predicted octanol–water partition coefficient (Wildman–Crippen LogP) is 8.19. The number of aliphatic imine (C=N–C) groups is 1. The van der Waals surface area contributed by atoms with Crippen LogP contribution in [-0.4, -0.2) is 53.7 Å².